The lowest BCUT2D eigenvalue weighted by Crippen LogP contribution is -2.36. The van der Waals surface area contributed by atoms with Crippen LogP contribution in [0, 0.1) is 29.1 Å². The molecule has 0 aromatic carbocycles. The van der Waals surface area contributed by atoms with Gasteiger partial charge in [-0.15, -0.1) is 11.3 Å². The van der Waals surface area contributed by atoms with E-state index in [0.29, 0.717) is 30.6 Å². The predicted molar refractivity (Wildman–Crippen MR) is 187 cm³/mol. The van der Waals surface area contributed by atoms with Crippen LogP contribution in [0.15, 0.2) is 66.2 Å². The van der Waals surface area contributed by atoms with Gasteiger partial charge in [0.05, 0.1) is 17.2 Å². The highest BCUT2D eigenvalue weighted by Crippen LogP contribution is 2.61. The van der Waals surface area contributed by atoms with Crippen LogP contribution < -0.4 is 0 Å². The molecule has 248 valence electrons. The Morgan fingerprint density at radius 3 is 2.67 bits per heavy atom. The average Bonchev–Trinajstić information content (AvgIpc) is 3.55. The molecule has 7 atom stereocenters. The van der Waals surface area contributed by atoms with E-state index in [2.05, 4.69) is 50.7 Å². The summed E-state index contributed by atoms with van der Waals surface area (Å²) in [6, 6.07) is 3.78. The first kappa shape index (κ1) is 33.5. The molecule has 2 aromatic rings. The highest BCUT2D eigenvalue weighted by molar-refractivity contribution is 7.11. The first-order valence-electron chi connectivity index (χ1n) is 18.0. The van der Waals surface area contributed by atoms with E-state index in [9.17, 15) is 15.0 Å². The zero-order chi connectivity index (χ0) is 32.5. The van der Waals surface area contributed by atoms with E-state index < -0.39 is 12.2 Å². The van der Waals surface area contributed by atoms with Crippen LogP contribution in [0.5, 0.6) is 0 Å². The molecule has 6 rings (SSSR count). The first-order chi connectivity index (χ1) is 22.2. The zero-order valence-corrected chi connectivity index (χ0v) is 29.0. The molecule has 5 nitrogen and oxygen atoms in total. The molecule has 0 aliphatic heterocycles. The van der Waals surface area contributed by atoms with Crippen molar-refractivity contribution in [3.63, 3.8) is 0 Å². The third-order valence-corrected chi connectivity index (χ3v) is 13.7. The largest absolute Gasteiger partial charge is 0.393 e. The van der Waals surface area contributed by atoms with Crippen LogP contribution in [-0.4, -0.2) is 38.2 Å². The number of carbonyl (C=O) groups excluding carboxylic acids is 1. The highest BCUT2D eigenvalue weighted by atomic mass is 32.1. The van der Waals surface area contributed by atoms with Gasteiger partial charge in [-0.25, -0.2) is 4.98 Å². The van der Waals surface area contributed by atoms with Gasteiger partial charge in [-0.2, -0.15) is 0 Å². The van der Waals surface area contributed by atoms with Crippen molar-refractivity contribution in [2.45, 2.75) is 128 Å². The quantitative estimate of drug-likeness (QED) is 0.226. The van der Waals surface area contributed by atoms with Gasteiger partial charge in [0.25, 0.3) is 0 Å². The Morgan fingerprint density at radius 1 is 1.15 bits per heavy atom. The Bertz CT molecular complexity index is 1460. The summed E-state index contributed by atoms with van der Waals surface area (Å²) in [7, 11) is 0. The van der Waals surface area contributed by atoms with Crippen molar-refractivity contribution < 1.29 is 15.0 Å². The molecule has 2 aromatic heterocycles. The summed E-state index contributed by atoms with van der Waals surface area (Å²) in [4.78, 5) is 24.7. The molecule has 4 saturated carbocycles. The van der Waals surface area contributed by atoms with E-state index in [4.69, 9.17) is 4.98 Å². The van der Waals surface area contributed by atoms with Gasteiger partial charge < -0.3 is 10.2 Å². The number of fused-ring (bicyclic) bond motifs is 1. The fourth-order valence-electron chi connectivity index (χ4n) is 9.54. The van der Waals surface area contributed by atoms with Crippen molar-refractivity contribution >= 4 is 17.1 Å². The number of nitrogens with zero attached hydrogens (tertiary/aromatic N) is 2. The number of pyridine rings is 1. The van der Waals surface area contributed by atoms with Crippen LogP contribution >= 0.6 is 11.3 Å². The second-order valence-corrected chi connectivity index (χ2v) is 16.4. The second-order valence-electron chi connectivity index (χ2n) is 15.3. The topological polar surface area (TPSA) is 83.3 Å². The fourth-order valence-corrected chi connectivity index (χ4v) is 10.8. The van der Waals surface area contributed by atoms with Gasteiger partial charge in [-0.3, -0.25) is 9.78 Å². The second kappa shape index (κ2) is 14.0. The Morgan fingerprint density at radius 2 is 1.93 bits per heavy atom. The molecule has 0 bridgehead atoms. The average molecular weight is 643 g/mol. The minimum absolute atomic E-state index is 0.0461. The molecule has 0 saturated heterocycles. The minimum Gasteiger partial charge on any atom is -0.393 e. The maximum absolute atomic E-state index is 14.2. The molecule has 6 heteroatoms. The standard InChI is InChI=1S/C40H54N2O3S/c1-5-6-9-32-25-42-38(46-32)40(19-20-40)35(37(45)29-16-21-41-22-17-29)13-10-26(2)33-14-15-34-28(8-7-18-39(33,34)4)11-12-30-23-31(43)24-36(44)27(30)3/h11-12,16-17,21-22,25-26,31,33-36,43-44H,3,5-10,13-15,18-20,23-24H2,1-2,4H3/b28-11+,30-12-/t26-,31-,33-,34+,35-,36+,39-/m1/s1. The van der Waals surface area contributed by atoms with Gasteiger partial charge in [0.2, 0.25) is 0 Å². The van der Waals surface area contributed by atoms with Gasteiger partial charge in [-0.1, -0.05) is 51.5 Å². The van der Waals surface area contributed by atoms with Crippen molar-refractivity contribution in [1.29, 1.82) is 0 Å². The number of aliphatic hydroxyl groups is 2. The Labute approximate surface area is 280 Å². The van der Waals surface area contributed by atoms with Gasteiger partial charge >= 0.3 is 0 Å². The molecule has 0 unspecified atom stereocenters. The first-order valence-corrected chi connectivity index (χ1v) is 18.8. The van der Waals surface area contributed by atoms with Gasteiger partial charge in [-0.05, 0) is 123 Å². The SMILES string of the molecule is C=C1/C(=C\C=C2/CCC[C@]3(C)[C@@H]([C@H](C)CC[C@H](C(=O)c4ccncc4)C4(c5ncc(CCCC)s5)CC4)CC[C@@H]23)C[C@@H](O)C[C@@H]1O. The molecule has 46 heavy (non-hydrogen) atoms. The Hall–Kier alpha value is -2.41. The lowest BCUT2D eigenvalue weighted by molar-refractivity contribution is 0.0804. The number of ketones is 1. The molecule has 2 N–H and O–H groups in total. The number of thiazole rings is 1. The molecular formula is C40H54N2O3S. The predicted octanol–water partition coefficient (Wildman–Crippen LogP) is 8.97. The molecule has 2 heterocycles. The number of rotatable bonds is 12. The van der Waals surface area contributed by atoms with E-state index in [1.54, 1.807) is 12.4 Å². The molecular weight excluding hydrogens is 589 g/mol. The number of unbranched alkanes of at least 4 members (excludes halogenated alkanes) is 1. The summed E-state index contributed by atoms with van der Waals surface area (Å²) in [5.41, 5.74) is 4.21. The molecule has 4 aliphatic rings. The zero-order valence-electron chi connectivity index (χ0n) is 28.2. The Kier molecular flexibility index (Phi) is 10.2. The molecule has 4 fully saturated rings. The maximum atomic E-state index is 14.2. The summed E-state index contributed by atoms with van der Waals surface area (Å²) in [5, 5.41) is 21.8. The number of Topliss-reactive ketones (excluding diaryl/α,β-unsaturated/α-hetero) is 1. The van der Waals surface area contributed by atoms with Crippen molar-refractivity contribution in [3.8, 4) is 0 Å². The van der Waals surface area contributed by atoms with Crippen LogP contribution in [-0.2, 0) is 11.8 Å². The maximum Gasteiger partial charge on any atom is 0.167 e. The van der Waals surface area contributed by atoms with Gasteiger partial charge in [0, 0.05) is 46.8 Å². The van der Waals surface area contributed by atoms with Crippen LogP contribution in [0.2, 0.25) is 0 Å². The highest BCUT2D eigenvalue weighted by Gasteiger charge is 2.56. The number of hydrogen-bond acceptors (Lipinski definition) is 6. The van der Waals surface area contributed by atoms with Crippen LogP contribution in [0.4, 0.5) is 0 Å². The molecule has 0 amide bonds. The van der Waals surface area contributed by atoms with Crippen molar-refractivity contribution in [1.82, 2.24) is 9.97 Å². The molecule has 0 spiro atoms. The lowest BCUT2D eigenvalue weighted by Gasteiger charge is -2.44. The summed E-state index contributed by atoms with van der Waals surface area (Å²) in [6.45, 7) is 11.3. The third kappa shape index (κ3) is 6.64. The van der Waals surface area contributed by atoms with Crippen molar-refractivity contribution in [2.24, 2.45) is 29.1 Å². The number of hydrogen-bond donors (Lipinski definition) is 2. The number of aromatic nitrogens is 2. The van der Waals surface area contributed by atoms with E-state index >= 15 is 0 Å². The minimum atomic E-state index is -0.649. The summed E-state index contributed by atoms with van der Waals surface area (Å²) >= 11 is 1.85. The van der Waals surface area contributed by atoms with E-state index in [1.807, 2.05) is 23.5 Å². The van der Waals surface area contributed by atoms with Crippen LogP contribution in [0.25, 0.3) is 0 Å². The third-order valence-electron chi connectivity index (χ3n) is 12.4. The van der Waals surface area contributed by atoms with Gasteiger partial charge in [0.1, 0.15) is 0 Å². The number of aliphatic hydroxyl groups excluding tert-OH is 2. The van der Waals surface area contributed by atoms with Crippen molar-refractivity contribution in [2.75, 3.05) is 0 Å². The number of aryl methyl sites for hydroxylation is 1. The fraction of sp³-hybridized carbons (Fsp3) is 0.625. The Balaban J connectivity index is 1.19. The molecule has 4 aliphatic carbocycles. The summed E-state index contributed by atoms with van der Waals surface area (Å²) < 4.78 is 0. The van der Waals surface area contributed by atoms with Crippen LogP contribution in [0.1, 0.15) is 124 Å². The summed E-state index contributed by atoms with van der Waals surface area (Å²) in [6.07, 6.45) is 23.4. The lowest BCUT2D eigenvalue weighted by atomic mass is 9.60. The normalized spacial score (nSPS) is 32.0. The van der Waals surface area contributed by atoms with E-state index in [-0.39, 0.29) is 22.5 Å². The van der Waals surface area contributed by atoms with Gasteiger partial charge in [0.15, 0.2) is 5.78 Å². The van der Waals surface area contributed by atoms with Crippen molar-refractivity contribution in [3.05, 3.63) is 81.6 Å². The van der Waals surface area contributed by atoms with Crippen LogP contribution in [0.3, 0.4) is 0 Å². The molecule has 0 radical (unpaired) electrons. The van der Waals surface area contributed by atoms with E-state index in [0.717, 1.165) is 55.2 Å². The number of allylic oxidation sites excluding steroid dienone is 3. The smallest absolute Gasteiger partial charge is 0.167 e. The summed E-state index contributed by atoms with van der Waals surface area (Å²) in [5.74, 6) is 1.96. The monoisotopic (exact) mass is 642 g/mol. The van der Waals surface area contributed by atoms with E-state index in [1.165, 1.54) is 54.0 Å². The number of carbonyl (C=O) groups is 1.